The first-order chi connectivity index (χ1) is 8.41. The highest BCUT2D eigenvalue weighted by molar-refractivity contribution is 5.99. The van der Waals surface area contributed by atoms with E-state index in [1.165, 1.54) is 0 Å². The van der Waals surface area contributed by atoms with Crippen molar-refractivity contribution in [2.45, 2.75) is 33.7 Å². The van der Waals surface area contributed by atoms with Gasteiger partial charge in [-0.3, -0.25) is 4.79 Å². The standard InChI is InChI=1S/C15H24N2O/c1-11(2)10-17(5)15(18)13-8-6-7-9-14(13)16-12(3)4/h6-9,11-12,16H,10H2,1-5H3. The molecule has 0 bridgehead atoms. The molecule has 100 valence electrons. The first-order valence-corrected chi connectivity index (χ1v) is 6.52. The average molecular weight is 248 g/mol. The van der Waals surface area contributed by atoms with Crippen LogP contribution in [0.4, 0.5) is 5.69 Å². The molecule has 0 aliphatic heterocycles. The quantitative estimate of drug-likeness (QED) is 0.867. The maximum atomic E-state index is 12.4. The summed E-state index contributed by atoms with van der Waals surface area (Å²) in [5.74, 6) is 0.552. The Balaban J connectivity index is 2.91. The van der Waals surface area contributed by atoms with Gasteiger partial charge < -0.3 is 10.2 Å². The number of hydrogen-bond donors (Lipinski definition) is 1. The Labute approximate surface area is 110 Å². The van der Waals surface area contributed by atoms with Crippen LogP contribution >= 0.6 is 0 Å². The summed E-state index contributed by atoms with van der Waals surface area (Å²) < 4.78 is 0. The average Bonchev–Trinajstić information content (AvgIpc) is 2.27. The summed E-state index contributed by atoms with van der Waals surface area (Å²) in [5.41, 5.74) is 1.66. The van der Waals surface area contributed by atoms with Crippen LogP contribution in [0.5, 0.6) is 0 Å². The first-order valence-electron chi connectivity index (χ1n) is 6.52. The normalized spacial score (nSPS) is 10.8. The third kappa shape index (κ3) is 4.06. The van der Waals surface area contributed by atoms with Gasteiger partial charge in [0.1, 0.15) is 0 Å². The van der Waals surface area contributed by atoms with Gasteiger partial charge in [0.2, 0.25) is 0 Å². The molecule has 0 radical (unpaired) electrons. The van der Waals surface area contributed by atoms with Crippen LogP contribution in [0.15, 0.2) is 24.3 Å². The number of carbonyl (C=O) groups excluding carboxylic acids is 1. The lowest BCUT2D eigenvalue weighted by molar-refractivity contribution is 0.0780. The molecule has 0 atom stereocenters. The number of anilines is 1. The van der Waals surface area contributed by atoms with Gasteiger partial charge in [-0.25, -0.2) is 0 Å². The fourth-order valence-electron chi connectivity index (χ4n) is 1.94. The first kappa shape index (κ1) is 14.6. The number of nitrogens with zero attached hydrogens (tertiary/aromatic N) is 1. The molecule has 0 fully saturated rings. The van der Waals surface area contributed by atoms with Crippen molar-refractivity contribution >= 4 is 11.6 Å². The van der Waals surface area contributed by atoms with Gasteiger partial charge in [-0.1, -0.05) is 26.0 Å². The molecule has 0 aliphatic carbocycles. The Hall–Kier alpha value is -1.51. The van der Waals surface area contributed by atoms with E-state index in [0.717, 1.165) is 17.8 Å². The molecule has 0 spiro atoms. The summed E-state index contributed by atoms with van der Waals surface area (Å²) in [6.07, 6.45) is 0. The zero-order valence-corrected chi connectivity index (χ0v) is 12.0. The Morgan fingerprint density at radius 2 is 1.83 bits per heavy atom. The molecule has 0 heterocycles. The maximum absolute atomic E-state index is 12.4. The Morgan fingerprint density at radius 3 is 2.39 bits per heavy atom. The lowest BCUT2D eigenvalue weighted by Crippen LogP contribution is -2.31. The Kier molecular flexibility index (Phi) is 5.20. The summed E-state index contributed by atoms with van der Waals surface area (Å²) >= 11 is 0. The van der Waals surface area contributed by atoms with Gasteiger partial charge in [0.05, 0.1) is 5.56 Å². The zero-order valence-electron chi connectivity index (χ0n) is 12.0. The van der Waals surface area contributed by atoms with Crippen molar-refractivity contribution in [1.29, 1.82) is 0 Å². The molecule has 0 saturated heterocycles. The van der Waals surface area contributed by atoms with Crippen molar-refractivity contribution in [3.05, 3.63) is 29.8 Å². The smallest absolute Gasteiger partial charge is 0.255 e. The third-order valence-corrected chi connectivity index (χ3v) is 2.59. The number of nitrogens with one attached hydrogen (secondary N) is 1. The predicted octanol–water partition coefficient (Wildman–Crippen LogP) is 3.23. The van der Waals surface area contributed by atoms with E-state index in [9.17, 15) is 4.79 Å². The van der Waals surface area contributed by atoms with Gasteiger partial charge in [-0.05, 0) is 31.9 Å². The van der Waals surface area contributed by atoms with E-state index in [4.69, 9.17) is 0 Å². The highest BCUT2D eigenvalue weighted by Crippen LogP contribution is 2.18. The molecule has 0 aromatic heterocycles. The van der Waals surface area contributed by atoms with Gasteiger partial charge >= 0.3 is 0 Å². The van der Waals surface area contributed by atoms with Gasteiger partial charge in [0, 0.05) is 25.3 Å². The molecule has 0 unspecified atom stereocenters. The highest BCUT2D eigenvalue weighted by Gasteiger charge is 2.16. The van der Waals surface area contributed by atoms with Crippen molar-refractivity contribution in [1.82, 2.24) is 4.90 Å². The second-order valence-electron chi connectivity index (χ2n) is 5.42. The van der Waals surface area contributed by atoms with Crippen LogP contribution in [0.3, 0.4) is 0 Å². The molecule has 0 saturated carbocycles. The molecule has 1 N–H and O–H groups in total. The topological polar surface area (TPSA) is 32.3 Å². The molecule has 1 rings (SSSR count). The van der Waals surface area contributed by atoms with Crippen molar-refractivity contribution in [2.24, 2.45) is 5.92 Å². The highest BCUT2D eigenvalue weighted by atomic mass is 16.2. The minimum Gasteiger partial charge on any atom is -0.382 e. The summed E-state index contributed by atoms with van der Waals surface area (Å²) in [7, 11) is 1.86. The molecule has 1 amide bonds. The van der Waals surface area contributed by atoms with E-state index < -0.39 is 0 Å². The van der Waals surface area contributed by atoms with Crippen LogP contribution in [0.2, 0.25) is 0 Å². The number of carbonyl (C=O) groups is 1. The van der Waals surface area contributed by atoms with E-state index in [0.29, 0.717) is 12.0 Å². The SMILES string of the molecule is CC(C)CN(C)C(=O)c1ccccc1NC(C)C. The molecular weight excluding hydrogens is 224 g/mol. The number of amides is 1. The lowest BCUT2D eigenvalue weighted by atomic mass is 10.1. The van der Waals surface area contributed by atoms with Crippen molar-refractivity contribution in [3.63, 3.8) is 0 Å². The fourth-order valence-corrected chi connectivity index (χ4v) is 1.94. The van der Waals surface area contributed by atoms with Gasteiger partial charge in [-0.2, -0.15) is 0 Å². The third-order valence-electron chi connectivity index (χ3n) is 2.59. The van der Waals surface area contributed by atoms with Crippen LogP contribution in [-0.2, 0) is 0 Å². The molecule has 18 heavy (non-hydrogen) atoms. The van der Waals surface area contributed by atoms with Crippen molar-refractivity contribution in [3.8, 4) is 0 Å². The van der Waals surface area contributed by atoms with Crippen molar-refractivity contribution in [2.75, 3.05) is 18.9 Å². The minimum atomic E-state index is 0.0763. The molecule has 3 heteroatoms. The van der Waals surface area contributed by atoms with E-state index in [2.05, 4.69) is 33.0 Å². The van der Waals surface area contributed by atoms with Crippen LogP contribution in [0.25, 0.3) is 0 Å². The number of benzene rings is 1. The van der Waals surface area contributed by atoms with Crippen LogP contribution < -0.4 is 5.32 Å². The summed E-state index contributed by atoms with van der Waals surface area (Å²) in [5, 5.41) is 3.31. The lowest BCUT2D eigenvalue weighted by Gasteiger charge is -2.22. The van der Waals surface area contributed by atoms with Crippen molar-refractivity contribution < 1.29 is 4.79 Å². The van der Waals surface area contributed by atoms with E-state index in [1.54, 1.807) is 4.90 Å². The summed E-state index contributed by atoms with van der Waals surface area (Å²) in [4.78, 5) is 14.2. The Bertz CT molecular complexity index is 399. The number of hydrogen-bond acceptors (Lipinski definition) is 2. The predicted molar refractivity (Wildman–Crippen MR) is 77.0 cm³/mol. The minimum absolute atomic E-state index is 0.0763. The van der Waals surface area contributed by atoms with Gasteiger partial charge in [0.15, 0.2) is 0 Å². The number of para-hydroxylation sites is 1. The maximum Gasteiger partial charge on any atom is 0.255 e. The van der Waals surface area contributed by atoms with E-state index in [1.807, 2.05) is 31.3 Å². The fraction of sp³-hybridized carbons (Fsp3) is 0.533. The largest absolute Gasteiger partial charge is 0.382 e. The second-order valence-corrected chi connectivity index (χ2v) is 5.42. The van der Waals surface area contributed by atoms with Crippen LogP contribution in [0.1, 0.15) is 38.1 Å². The molecule has 1 aromatic rings. The molecule has 1 aromatic carbocycles. The Morgan fingerprint density at radius 1 is 1.22 bits per heavy atom. The molecule has 3 nitrogen and oxygen atoms in total. The van der Waals surface area contributed by atoms with Gasteiger partial charge in [-0.15, -0.1) is 0 Å². The van der Waals surface area contributed by atoms with Crippen LogP contribution in [-0.4, -0.2) is 30.4 Å². The zero-order chi connectivity index (χ0) is 13.7. The summed E-state index contributed by atoms with van der Waals surface area (Å²) in [6.45, 7) is 9.14. The second kappa shape index (κ2) is 6.43. The molecule has 0 aliphatic rings. The van der Waals surface area contributed by atoms with E-state index in [-0.39, 0.29) is 5.91 Å². The van der Waals surface area contributed by atoms with Gasteiger partial charge in [0.25, 0.3) is 5.91 Å². The molecular formula is C15H24N2O. The van der Waals surface area contributed by atoms with E-state index >= 15 is 0 Å². The monoisotopic (exact) mass is 248 g/mol. The number of rotatable bonds is 5. The summed E-state index contributed by atoms with van der Waals surface area (Å²) in [6, 6.07) is 8.00. The van der Waals surface area contributed by atoms with Crippen LogP contribution in [0, 0.1) is 5.92 Å².